The largest absolute Gasteiger partial charge is 0.846 e. The maximum absolute atomic E-state index is 13.0. The minimum absolute atomic E-state index is 0. The Morgan fingerprint density at radius 3 is 1.02 bits per heavy atom. The average molecular weight is 703 g/mol. The Hall–Kier alpha value is -0.290. The van der Waals surface area contributed by atoms with E-state index in [0.717, 1.165) is 49.8 Å². The van der Waals surface area contributed by atoms with Crippen molar-refractivity contribution in [3.8, 4) is 0 Å². The fourth-order valence-electron chi connectivity index (χ4n) is 6.27. The van der Waals surface area contributed by atoms with Crippen LogP contribution in [0.15, 0.2) is 4.99 Å². The molecule has 0 aliphatic heterocycles. The lowest BCUT2D eigenvalue weighted by atomic mass is 10.0. The molecule has 4 nitrogen and oxygen atoms in total. The molecule has 0 aromatic heterocycles. The lowest BCUT2D eigenvalue weighted by molar-refractivity contribution is -0.870. The van der Waals surface area contributed by atoms with Crippen molar-refractivity contribution in [1.29, 1.82) is 0 Å². The molecule has 5 heteroatoms. The van der Waals surface area contributed by atoms with E-state index in [9.17, 15) is 5.11 Å². The number of quaternary nitrogens is 1. The highest BCUT2D eigenvalue weighted by atomic mass is 79.9. The van der Waals surface area contributed by atoms with Crippen molar-refractivity contribution in [3.63, 3.8) is 0 Å². The summed E-state index contributed by atoms with van der Waals surface area (Å²) in [4.78, 5) is 6.58. The topological polar surface area (TPSA) is 38.7 Å². The number of unbranched alkanes of at least 4 members (excludes halogenated alkanes) is 27. The normalized spacial score (nSPS) is 12.1. The van der Waals surface area contributed by atoms with Crippen LogP contribution in [0.4, 0.5) is 0 Å². The Balaban J connectivity index is 0. The molecule has 0 spiro atoms. The number of amidine groups is 1. The highest BCUT2D eigenvalue weighted by Crippen LogP contribution is 2.15. The van der Waals surface area contributed by atoms with Crippen LogP contribution >= 0.6 is 17.0 Å². The monoisotopic (exact) mass is 702 g/mol. The van der Waals surface area contributed by atoms with Gasteiger partial charge in [-0.05, 0) is 25.7 Å². The van der Waals surface area contributed by atoms with Gasteiger partial charge >= 0.3 is 0 Å². The maximum Gasteiger partial charge on any atom is 0.0781 e. The van der Waals surface area contributed by atoms with Crippen LogP contribution < -0.4 is 5.11 Å². The highest BCUT2D eigenvalue weighted by Gasteiger charge is 2.07. The molecule has 0 bridgehead atoms. The molecular weight excluding hydrogens is 618 g/mol. The Labute approximate surface area is 295 Å². The van der Waals surface area contributed by atoms with Gasteiger partial charge in [0.05, 0.1) is 27.7 Å². The molecular formula is C40H84BrN3O. The van der Waals surface area contributed by atoms with Gasteiger partial charge in [-0.3, -0.25) is 4.99 Å². The van der Waals surface area contributed by atoms with Gasteiger partial charge in [0, 0.05) is 25.7 Å². The first-order valence-electron chi connectivity index (χ1n) is 20.2. The number of halogens is 1. The second kappa shape index (κ2) is 36.5. The van der Waals surface area contributed by atoms with E-state index in [4.69, 9.17) is 0 Å². The summed E-state index contributed by atoms with van der Waals surface area (Å²) in [5.41, 5.74) is 0. The van der Waals surface area contributed by atoms with E-state index in [1.165, 1.54) is 167 Å². The smallest absolute Gasteiger partial charge is 0.0781 e. The summed E-state index contributed by atoms with van der Waals surface area (Å²) in [5.74, 6) is 0. The van der Waals surface area contributed by atoms with E-state index in [2.05, 4.69) is 44.9 Å². The van der Waals surface area contributed by atoms with Crippen LogP contribution in [0.2, 0.25) is 0 Å². The van der Waals surface area contributed by atoms with Gasteiger partial charge in [-0.2, -0.15) is 0 Å². The van der Waals surface area contributed by atoms with Gasteiger partial charge in [-0.1, -0.05) is 181 Å². The highest BCUT2D eigenvalue weighted by molar-refractivity contribution is 8.93. The zero-order chi connectivity index (χ0) is 32.4. The van der Waals surface area contributed by atoms with Crippen LogP contribution in [0, 0.1) is 0 Å². The number of hydrogen-bond donors (Lipinski definition) is 0. The first-order valence-corrected chi connectivity index (χ1v) is 20.2. The van der Waals surface area contributed by atoms with Crippen molar-refractivity contribution in [2.24, 2.45) is 4.99 Å². The van der Waals surface area contributed by atoms with Crippen LogP contribution in [-0.2, 0) is 0 Å². The molecule has 0 aliphatic carbocycles. The molecule has 0 N–H and O–H groups in total. The molecule has 45 heavy (non-hydrogen) atoms. The van der Waals surface area contributed by atoms with Crippen molar-refractivity contribution in [2.45, 2.75) is 206 Å². The summed E-state index contributed by atoms with van der Waals surface area (Å²) >= 11 is 0. The van der Waals surface area contributed by atoms with E-state index in [0.29, 0.717) is 6.54 Å². The number of hydrogen-bond acceptors (Lipinski definition) is 2. The molecule has 0 saturated carbocycles. The fourth-order valence-corrected chi connectivity index (χ4v) is 6.27. The second-order valence-corrected chi connectivity index (χ2v) is 15.1. The van der Waals surface area contributed by atoms with E-state index in [1.807, 2.05) is 0 Å². The van der Waals surface area contributed by atoms with Gasteiger partial charge in [0.2, 0.25) is 0 Å². The van der Waals surface area contributed by atoms with Crippen molar-refractivity contribution in [1.82, 2.24) is 4.90 Å². The van der Waals surface area contributed by atoms with Crippen LogP contribution in [-0.4, -0.2) is 62.7 Å². The van der Waals surface area contributed by atoms with Crippen LogP contribution in [0.5, 0.6) is 0 Å². The third kappa shape index (κ3) is 38.0. The van der Waals surface area contributed by atoms with Crippen LogP contribution in [0.3, 0.4) is 0 Å². The van der Waals surface area contributed by atoms with Gasteiger partial charge in [0.15, 0.2) is 0 Å². The predicted octanol–water partition coefficient (Wildman–Crippen LogP) is 12.0. The summed E-state index contributed by atoms with van der Waals surface area (Å²) in [6.07, 6.45) is 40.6. The van der Waals surface area contributed by atoms with Crippen molar-refractivity contribution >= 4 is 23.0 Å². The lowest BCUT2D eigenvalue weighted by Crippen LogP contribution is -2.41. The van der Waals surface area contributed by atoms with E-state index >= 15 is 0 Å². The molecule has 0 aromatic rings. The number of nitrogens with zero attached hydrogens (tertiary/aromatic N) is 3. The predicted molar refractivity (Wildman–Crippen MR) is 207 cm³/mol. The van der Waals surface area contributed by atoms with E-state index in [1.54, 1.807) is 0 Å². The SMILES string of the molecule is Br.CCCCCCCCCCCCCCCCN(CCCCCCCCCCCCCCCC)C([O-])=NCCCC[N+](C)(C)C. The molecule has 0 heterocycles. The van der Waals surface area contributed by atoms with Gasteiger partial charge < -0.3 is 14.5 Å². The molecule has 0 fully saturated rings. The third-order valence-corrected chi connectivity index (χ3v) is 9.32. The first kappa shape index (κ1) is 46.8. The molecule has 0 rings (SSSR count). The van der Waals surface area contributed by atoms with Crippen LogP contribution in [0.1, 0.15) is 206 Å². The minimum Gasteiger partial charge on any atom is -0.846 e. The van der Waals surface area contributed by atoms with Gasteiger partial charge in [-0.15, -0.1) is 17.0 Å². The third-order valence-electron chi connectivity index (χ3n) is 9.32. The van der Waals surface area contributed by atoms with Gasteiger partial charge in [-0.25, -0.2) is 0 Å². The summed E-state index contributed by atoms with van der Waals surface area (Å²) < 4.78 is 0.984. The van der Waals surface area contributed by atoms with Gasteiger partial charge in [0.25, 0.3) is 0 Å². The standard InChI is InChI=1S/C40H83N3O.BrH/c1-6-8-10-12-14-16-18-20-22-24-26-28-30-33-37-42(40(44)41-36-32-35-39-43(3,4)5)38-34-31-29-27-25-23-21-19-17-15-13-11-9-7-2;/h6-39H2,1-5H3;1H. The summed E-state index contributed by atoms with van der Waals surface area (Å²) in [6, 6.07) is 0.0552. The zero-order valence-electron chi connectivity index (χ0n) is 31.7. The minimum atomic E-state index is 0. The molecule has 0 aromatic carbocycles. The van der Waals surface area contributed by atoms with E-state index in [-0.39, 0.29) is 23.0 Å². The molecule has 0 radical (unpaired) electrons. The fraction of sp³-hybridized carbons (Fsp3) is 0.975. The Bertz CT molecular complexity index is 561. The summed E-state index contributed by atoms with van der Waals surface area (Å²) in [5, 5.41) is 13.0. The Morgan fingerprint density at radius 1 is 0.444 bits per heavy atom. The van der Waals surface area contributed by atoms with Gasteiger partial charge in [0.1, 0.15) is 0 Å². The Morgan fingerprint density at radius 2 is 0.733 bits per heavy atom. The molecule has 0 saturated heterocycles. The van der Waals surface area contributed by atoms with E-state index < -0.39 is 0 Å². The molecule has 0 amide bonds. The van der Waals surface area contributed by atoms with Crippen LogP contribution in [0.25, 0.3) is 0 Å². The lowest BCUT2D eigenvalue weighted by Gasteiger charge is -2.30. The first-order chi connectivity index (χ1) is 21.4. The van der Waals surface area contributed by atoms with Crippen molar-refractivity contribution in [2.75, 3.05) is 47.3 Å². The van der Waals surface area contributed by atoms with Crippen molar-refractivity contribution < 1.29 is 9.59 Å². The molecule has 0 unspecified atom stereocenters. The van der Waals surface area contributed by atoms with Crippen molar-refractivity contribution in [3.05, 3.63) is 0 Å². The molecule has 0 atom stereocenters. The summed E-state index contributed by atoms with van der Waals surface area (Å²) in [6.45, 7) is 8.22. The second-order valence-electron chi connectivity index (χ2n) is 15.1. The maximum atomic E-state index is 13.0. The quantitative estimate of drug-likeness (QED) is 0.0285. The Kier molecular flexibility index (Phi) is 38.0. The average Bonchev–Trinajstić information content (AvgIpc) is 2.99. The number of aliphatic imine (C=N–C) groups is 1. The molecule has 272 valence electrons. The summed E-state index contributed by atoms with van der Waals surface area (Å²) in [7, 11) is 6.70. The number of rotatable bonds is 35. The molecule has 0 aliphatic rings. The zero-order valence-corrected chi connectivity index (χ0v) is 33.4.